The summed E-state index contributed by atoms with van der Waals surface area (Å²) in [4.78, 5) is 11.9. The summed E-state index contributed by atoms with van der Waals surface area (Å²) in [5, 5.41) is 6.06. The summed E-state index contributed by atoms with van der Waals surface area (Å²) in [5.41, 5.74) is 0. The quantitative estimate of drug-likeness (QED) is 0.763. The van der Waals surface area contributed by atoms with Gasteiger partial charge < -0.3 is 14.6 Å². The normalized spacial score (nSPS) is 15.1. The van der Waals surface area contributed by atoms with E-state index in [2.05, 4.69) is 15.2 Å². The maximum absolute atomic E-state index is 12.3. The highest BCUT2D eigenvalue weighted by atomic mass is 32.2. The van der Waals surface area contributed by atoms with Crippen molar-refractivity contribution in [3.05, 3.63) is 36.1 Å². The lowest BCUT2D eigenvalue weighted by molar-refractivity contribution is -0.115. The molecule has 8 nitrogen and oxygen atoms in total. The molecule has 1 fully saturated rings. The van der Waals surface area contributed by atoms with Gasteiger partial charge in [0.05, 0.1) is 17.5 Å². The average molecular weight is 379 g/mol. The zero-order valence-electron chi connectivity index (χ0n) is 14.4. The Morgan fingerprint density at radius 2 is 1.96 bits per heavy atom. The molecule has 1 saturated carbocycles. The molecular weight excluding hydrogens is 358 g/mol. The Morgan fingerprint density at radius 1 is 1.27 bits per heavy atom. The van der Waals surface area contributed by atoms with Gasteiger partial charge in [-0.05, 0) is 56.9 Å². The number of rotatable bonds is 7. The summed E-state index contributed by atoms with van der Waals surface area (Å²) in [6, 6.07) is 7.72. The minimum absolute atomic E-state index is 0.0707. The Hall–Kier alpha value is -2.39. The molecule has 0 atom stereocenters. The Bertz CT molecular complexity index is 855. The number of sulfonamides is 1. The molecule has 1 aromatic heterocycles. The van der Waals surface area contributed by atoms with Crippen molar-refractivity contribution < 1.29 is 22.5 Å². The number of nitrogens with one attached hydrogen (secondary N) is 2. The van der Waals surface area contributed by atoms with Crippen LogP contribution in [0.1, 0.15) is 31.4 Å². The van der Waals surface area contributed by atoms with Crippen LogP contribution in [0.15, 0.2) is 39.8 Å². The van der Waals surface area contributed by atoms with Crippen LogP contribution in [-0.4, -0.2) is 32.1 Å². The minimum atomic E-state index is -3.80. The number of carbonyl (C=O) groups excluding carboxylic acids is 1. The van der Waals surface area contributed by atoms with Gasteiger partial charge in [0.1, 0.15) is 11.5 Å². The number of amides is 1. The topological polar surface area (TPSA) is 111 Å². The highest BCUT2D eigenvalue weighted by molar-refractivity contribution is 7.89. The van der Waals surface area contributed by atoms with Crippen molar-refractivity contribution in [2.45, 2.75) is 43.6 Å². The van der Waals surface area contributed by atoms with E-state index in [0.717, 1.165) is 25.7 Å². The molecular formula is C17H21N3O5S. The Morgan fingerprint density at radius 3 is 2.58 bits per heavy atom. The van der Waals surface area contributed by atoms with Crippen molar-refractivity contribution in [2.24, 2.45) is 0 Å². The van der Waals surface area contributed by atoms with Crippen molar-refractivity contribution in [1.82, 2.24) is 9.88 Å². The molecule has 0 spiro atoms. The lowest BCUT2D eigenvalue weighted by atomic mass is 10.3. The molecule has 0 unspecified atom stereocenters. The molecule has 1 aliphatic carbocycles. The van der Waals surface area contributed by atoms with Crippen molar-refractivity contribution in [3.8, 4) is 5.75 Å². The molecule has 0 saturated heterocycles. The van der Waals surface area contributed by atoms with Crippen LogP contribution in [0.3, 0.4) is 0 Å². The maximum atomic E-state index is 12.3. The van der Waals surface area contributed by atoms with Crippen LogP contribution < -0.4 is 14.8 Å². The van der Waals surface area contributed by atoms with E-state index in [-0.39, 0.29) is 16.8 Å². The van der Waals surface area contributed by atoms with Crippen LogP contribution in [-0.2, 0) is 14.8 Å². The van der Waals surface area contributed by atoms with Crippen LogP contribution in [0.25, 0.3) is 0 Å². The van der Waals surface area contributed by atoms with E-state index in [4.69, 9.17) is 9.26 Å². The third kappa shape index (κ3) is 4.83. The largest absolute Gasteiger partial charge is 0.490 e. The molecule has 3 rings (SSSR count). The minimum Gasteiger partial charge on any atom is -0.490 e. The summed E-state index contributed by atoms with van der Waals surface area (Å²) in [7, 11) is -3.80. The number of anilines is 1. The SMILES string of the molecule is Cc1cc(NC(=O)CNS(=O)(=O)c2ccc(OC3CCCC3)cc2)no1. The van der Waals surface area contributed by atoms with E-state index < -0.39 is 22.5 Å². The second-order valence-electron chi connectivity index (χ2n) is 6.19. The number of nitrogens with zero attached hydrogens (tertiary/aromatic N) is 1. The summed E-state index contributed by atoms with van der Waals surface area (Å²) in [5.74, 6) is 0.888. The smallest absolute Gasteiger partial charge is 0.241 e. The number of aryl methyl sites for hydroxylation is 1. The van der Waals surface area contributed by atoms with Crippen LogP contribution >= 0.6 is 0 Å². The van der Waals surface area contributed by atoms with Crippen molar-refractivity contribution in [2.75, 3.05) is 11.9 Å². The van der Waals surface area contributed by atoms with Crippen LogP contribution in [0.5, 0.6) is 5.75 Å². The van der Waals surface area contributed by atoms with Gasteiger partial charge >= 0.3 is 0 Å². The van der Waals surface area contributed by atoms with E-state index in [1.54, 1.807) is 19.1 Å². The fraction of sp³-hybridized carbons (Fsp3) is 0.412. The van der Waals surface area contributed by atoms with Crippen LogP contribution in [0.4, 0.5) is 5.82 Å². The van der Waals surface area contributed by atoms with E-state index in [1.807, 2.05) is 0 Å². The Labute approximate surface area is 152 Å². The van der Waals surface area contributed by atoms with Gasteiger partial charge in [-0.15, -0.1) is 0 Å². The molecule has 140 valence electrons. The number of hydrogen-bond acceptors (Lipinski definition) is 6. The first-order valence-corrected chi connectivity index (χ1v) is 9.90. The number of hydrogen-bond donors (Lipinski definition) is 2. The van der Waals surface area contributed by atoms with Crippen molar-refractivity contribution in [3.63, 3.8) is 0 Å². The molecule has 0 aliphatic heterocycles. The second-order valence-corrected chi connectivity index (χ2v) is 7.96. The molecule has 1 amide bonds. The number of aromatic nitrogens is 1. The standard InChI is InChI=1S/C17H21N3O5S/c1-12-10-16(20-25-12)19-17(21)11-18-26(22,23)15-8-6-14(7-9-15)24-13-4-2-3-5-13/h6-10,13,18H,2-5,11H2,1H3,(H,19,20,21). The van der Waals surface area contributed by atoms with Crippen LogP contribution in [0, 0.1) is 6.92 Å². The van der Waals surface area contributed by atoms with Gasteiger partial charge in [0.15, 0.2) is 5.82 Å². The number of carbonyl (C=O) groups is 1. The van der Waals surface area contributed by atoms with E-state index in [0.29, 0.717) is 11.5 Å². The molecule has 2 aromatic rings. The van der Waals surface area contributed by atoms with Gasteiger partial charge in [-0.2, -0.15) is 0 Å². The third-order valence-electron chi connectivity index (χ3n) is 4.06. The average Bonchev–Trinajstić information content (AvgIpc) is 3.25. The highest BCUT2D eigenvalue weighted by Gasteiger charge is 2.18. The lowest BCUT2D eigenvalue weighted by Gasteiger charge is -2.13. The first kappa shape index (κ1) is 18.4. The fourth-order valence-corrected chi connectivity index (χ4v) is 3.73. The van der Waals surface area contributed by atoms with Gasteiger partial charge in [0.25, 0.3) is 0 Å². The predicted octanol–water partition coefficient (Wildman–Crippen LogP) is 2.22. The summed E-state index contributed by atoms with van der Waals surface area (Å²) >= 11 is 0. The van der Waals surface area contributed by atoms with Gasteiger partial charge in [0.2, 0.25) is 15.9 Å². The fourth-order valence-electron chi connectivity index (χ4n) is 2.75. The molecule has 1 aromatic carbocycles. The number of ether oxygens (including phenoxy) is 1. The van der Waals surface area contributed by atoms with E-state index in [1.165, 1.54) is 18.2 Å². The summed E-state index contributed by atoms with van der Waals surface area (Å²) < 4.78 is 37.5. The molecule has 0 bridgehead atoms. The highest BCUT2D eigenvalue weighted by Crippen LogP contribution is 2.24. The second kappa shape index (κ2) is 7.88. The lowest BCUT2D eigenvalue weighted by Crippen LogP contribution is -2.33. The van der Waals surface area contributed by atoms with Crippen LogP contribution in [0.2, 0.25) is 0 Å². The van der Waals surface area contributed by atoms with Gasteiger partial charge in [-0.1, -0.05) is 5.16 Å². The molecule has 1 heterocycles. The zero-order valence-corrected chi connectivity index (χ0v) is 15.2. The molecule has 26 heavy (non-hydrogen) atoms. The van der Waals surface area contributed by atoms with E-state index in [9.17, 15) is 13.2 Å². The van der Waals surface area contributed by atoms with Crippen molar-refractivity contribution >= 4 is 21.7 Å². The van der Waals surface area contributed by atoms with E-state index >= 15 is 0 Å². The predicted molar refractivity (Wildman–Crippen MR) is 94.4 cm³/mol. The molecule has 9 heteroatoms. The number of benzene rings is 1. The zero-order chi connectivity index (χ0) is 18.6. The molecule has 2 N–H and O–H groups in total. The Kier molecular flexibility index (Phi) is 5.58. The molecule has 1 aliphatic rings. The van der Waals surface area contributed by atoms with Gasteiger partial charge in [0, 0.05) is 6.07 Å². The first-order chi connectivity index (χ1) is 12.4. The summed E-state index contributed by atoms with van der Waals surface area (Å²) in [6.07, 6.45) is 4.59. The third-order valence-corrected chi connectivity index (χ3v) is 5.47. The maximum Gasteiger partial charge on any atom is 0.241 e. The van der Waals surface area contributed by atoms with Crippen molar-refractivity contribution in [1.29, 1.82) is 0 Å². The van der Waals surface area contributed by atoms with Gasteiger partial charge in [-0.3, -0.25) is 4.79 Å². The summed E-state index contributed by atoms with van der Waals surface area (Å²) in [6.45, 7) is 1.28. The Balaban J connectivity index is 1.54. The monoisotopic (exact) mass is 379 g/mol. The first-order valence-electron chi connectivity index (χ1n) is 8.42. The van der Waals surface area contributed by atoms with Gasteiger partial charge in [-0.25, -0.2) is 13.1 Å². The molecule has 0 radical (unpaired) electrons.